The number of rotatable bonds is 3. The van der Waals surface area contributed by atoms with Crippen molar-refractivity contribution in [1.82, 2.24) is 5.01 Å². The largest absolute Gasteiger partial charge is 0.325 e. The number of hydrazone groups is 1. The molecule has 1 aliphatic rings. The van der Waals surface area contributed by atoms with Gasteiger partial charge in [-0.1, -0.05) is 24.3 Å². The summed E-state index contributed by atoms with van der Waals surface area (Å²) in [7, 11) is 0. The fourth-order valence-corrected chi connectivity index (χ4v) is 1.71. The smallest absolute Gasteiger partial charge is 0.248 e. The van der Waals surface area contributed by atoms with E-state index in [1.807, 2.05) is 31.2 Å². The molecule has 16 heavy (non-hydrogen) atoms. The predicted molar refractivity (Wildman–Crippen MR) is 62.8 cm³/mol. The maximum Gasteiger partial charge on any atom is 0.248 e. The van der Waals surface area contributed by atoms with E-state index in [0.29, 0.717) is 19.5 Å². The van der Waals surface area contributed by atoms with Crippen LogP contribution in [-0.4, -0.2) is 23.2 Å². The Morgan fingerprint density at radius 3 is 2.81 bits per heavy atom. The van der Waals surface area contributed by atoms with Crippen molar-refractivity contribution >= 4 is 11.6 Å². The Morgan fingerprint density at radius 2 is 2.19 bits per heavy atom. The lowest BCUT2D eigenvalue weighted by atomic mass is 10.1. The molecule has 4 nitrogen and oxygen atoms in total. The highest BCUT2D eigenvalue weighted by Gasteiger charge is 2.22. The van der Waals surface area contributed by atoms with E-state index in [4.69, 9.17) is 5.73 Å². The maximum absolute atomic E-state index is 11.6. The summed E-state index contributed by atoms with van der Waals surface area (Å²) < 4.78 is 0. The third kappa shape index (κ3) is 2.12. The van der Waals surface area contributed by atoms with Crippen LogP contribution in [0.25, 0.3) is 0 Å². The van der Waals surface area contributed by atoms with Crippen LogP contribution in [0.3, 0.4) is 0 Å². The van der Waals surface area contributed by atoms with E-state index in [1.54, 1.807) is 0 Å². The maximum atomic E-state index is 11.6. The molecule has 0 atom stereocenters. The molecule has 0 radical (unpaired) electrons. The second-order valence-corrected chi connectivity index (χ2v) is 3.93. The van der Waals surface area contributed by atoms with Gasteiger partial charge in [0.1, 0.15) is 0 Å². The summed E-state index contributed by atoms with van der Waals surface area (Å²) in [6, 6.07) is 8.00. The van der Waals surface area contributed by atoms with Crippen molar-refractivity contribution in [3.8, 4) is 0 Å². The third-order valence-electron chi connectivity index (χ3n) is 2.72. The fraction of sp³-hybridized carbons (Fsp3) is 0.333. The molecule has 2 rings (SSSR count). The van der Waals surface area contributed by atoms with Crippen LogP contribution in [0.1, 0.15) is 17.5 Å². The number of nitrogens with zero attached hydrogens (tertiary/aromatic N) is 2. The molecule has 0 unspecified atom stereocenters. The average molecular weight is 217 g/mol. The minimum absolute atomic E-state index is 0.0312. The van der Waals surface area contributed by atoms with Crippen molar-refractivity contribution in [3.05, 3.63) is 35.4 Å². The molecular weight excluding hydrogens is 202 g/mol. The van der Waals surface area contributed by atoms with Crippen LogP contribution in [0.5, 0.6) is 0 Å². The number of benzene rings is 1. The van der Waals surface area contributed by atoms with Crippen LogP contribution in [0.4, 0.5) is 0 Å². The number of hydrogen-bond acceptors (Lipinski definition) is 3. The van der Waals surface area contributed by atoms with Crippen molar-refractivity contribution in [1.29, 1.82) is 0 Å². The molecule has 1 aromatic rings. The van der Waals surface area contributed by atoms with E-state index < -0.39 is 0 Å². The van der Waals surface area contributed by atoms with Crippen LogP contribution < -0.4 is 5.73 Å². The van der Waals surface area contributed by atoms with E-state index in [2.05, 4.69) is 5.10 Å². The molecule has 0 aromatic heterocycles. The Balaban J connectivity index is 2.14. The van der Waals surface area contributed by atoms with Gasteiger partial charge in [0.25, 0.3) is 0 Å². The van der Waals surface area contributed by atoms with E-state index >= 15 is 0 Å². The predicted octanol–water partition coefficient (Wildman–Crippen LogP) is 1.04. The van der Waals surface area contributed by atoms with Crippen LogP contribution in [0.15, 0.2) is 29.4 Å². The Hall–Kier alpha value is -1.68. The van der Waals surface area contributed by atoms with Crippen LogP contribution in [0.2, 0.25) is 0 Å². The molecule has 2 N–H and O–H groups in total. The third-order valence-corrected chi connectivity index (χ3v) is 2.72. The monoisotopic (exact) mass is 217 g/mol. The van der Waals surface area contributed by atoms with Gasteiger partial charge in [0.2, 0.25) is 5.91 Å². The van der Waals surface area contributed by atoms with Crippen LogP contribution in [-0.2, 0) is 11.3 Å². The first kappa shape index (κ1) is 10.8. The van der Waals surface area contributed by atoms with Crippen molar-refractivity contribution in [2.45, 2.75) is 19.9 Å². The number of hydrogen-bond donors (Lipinski definition) is 1. The fourth-order valence-electron chi connectivity index (χ4n) is 1.71. The highest BCUT2D eigenvalue weighted by Crippen LogP contribution is 2.15. The summed E-state index contributed by atoms with van der Waals surface area (Å²) in [6.45, 7) is 2.93. The lowest BCUT2D eigenvalue weighted by Gasteiger charge is -2.13. The molecule has 0 fully saturated rings. The Morgan fingerprint density at radius 1 is 1.44 bits per heavy atom. The molecule has 1 aliphatic heterocycles. The van der Waals surface area contributed by atoms with Crippen molar-refractivity contribution in [2.75, 3.05) is 6.54 Å². The number of nitrogens with two attached hydrogens (primary N) is 1. The summed E-state index contributed by atoms with van der Waals surface area (Å²) in [5, 5.41) is 5.70. The van der Waals surface area contributed by atoms with Gasteiger partial charge in [-0.05, 0) is 18.1 Å². The normalized spacial score (nSPS) is 15.5. The molecule has 0 saturated heterocycles. The molecule has 84 valence electrons. The molecule has 1 aromatic carbocycles. The van der Waals surface area contributed by atoms with Crippen molar-refractivity contribution < 1.29 is 4.79 Å². The van der Waals surface area contributed by atoms with E-state index in [0.717, 1.165) is 11.3 Å². The van der Waals surface area contributed by atoms with Gasteiger partial charge in [-0.25, -0.2) is 5.01 Å². The zero-order valence-corrected chi connectivity index (χ0v) is 9.31. The van der Waals surface area contributed by atoms with Gasteiger partial charge in [-0.2, -0.15) is 5.10 Å². The highest BCUT2D eigenvalue weighted by atomic mass is 16.2. The molecule has 0 bridgehead atoms. The first-order valence-electron chi connectivity index (χ1n) is 5.32. The molecule has 0 aliphatic carbocycles. The summed E-state index contributed by atoms with van der Waals surface area (Å²) in [6.07, 6.45) is 0.363. The van der Waals surface area contributed by atoms with Crippen LogP contribution >= 0.6 is 0 Å². The SMILES string of the molecule is Cc1ccccc1CN1N=C(CN)CC1=O. The zero-order valence-electron chi connectivity index (χ0n) is 9.31. The number of amides is 1. The number of carbonyl (C=O) groups excluding carboxylic acids is 1. The van der Waals surface area contributed by atoms with Gasteiger partial charge >= 0.3 is 0 Å². The standard InChI is InChI=1S/C12H15N3O/c1-9-4-2-3-5-10(9)8-15-12(16)6-11(7-13)14-15/h2-5H,6-8,13H2,1H3. The molecule has 1 amide bonds. The van der Waals surface area contributed by atoms with Crippen LogP contribution in [0, 0.1) is 6.92 Å². The zero-order chi connectivity index (χ0) is 11.5. The van der Waals surface area contributed by atoms with Gasteiger partial charge in [-0.3, -0.25) is 4.79 Å². The number of carbonyl (C=O) groups is 1. The average Bonchev–Trinajstić information content (AvgIpc) is 2.63. The van der Waals surface area contributed by atoms with Crippen molar-refractivity contribution in [3.63, 3.8) is 0 Å². The topological polar surface area (TPSA) is 58.7 Å². The first-order valence-corrected chi connectivity index (χ1v) is 5.32. The summed E-state index contributed by atoms with van der Waals surface area (Å²) in [5.74, 6) is 0.0312. The lowest BCUT2D eigenvalue weighted by Crippen LogP contribution is -2.20. The number of aryl methyl sites for hydroxylation is 1. The Kier molecular flexibility index (Phi) is 3.01. The summed E-state index contributed by atoms with van der Waals surface area (Å²) >= 11 is 0. The Labute approximate surface area is 94.7 Å². The molecule has 4 heteroatoms. The van der Waals surface area contributed by atoms with Gasteiger partial charge in [0, 0.05) is 6.54 Å². The van der Waals surface area contributed by atoms with Gasteiger partial charge in [0.05, 0.1) is 18.7 Å². The first-order chi connectivity index (χ1) is 7.70. The minimum atomic E-state index is 0.0312. The molecule has 0 spiro atoms. The quantitative estimate of drug-likeness (QED) is 0.822. The van der Waals surface area contributed by atoms with Gasteiger partial charge < -0.3 is 5.73 Å². The van der Waals surface area contributed by atoms with Gasteiger partial charge in [-0.15, -0.1) is 0 Å². The van der Waals surface area contributed by atoms with E-state index in [-0.39, 0.29) is 5.91 Å². The second-order valence-electron chi connectivity index (χ2n) is 3.93. The second kappa shape index (κ2) is 4.45. The minimum Gasteiger partial charge on any atom is -0.325 e. The van der Waals surface area contributed by atoms with E-state index in [9.17, 15) is 4.79 Å². The van der Waals surface area contributed by atoms with Gasteiger partial charge in [0.15, 0.2) is 0 Å². The summed E-state index contributed by atoms with van der Waals surface area (Å²) in [5.41, 5.74) is 8.53. The summed E-state index contributed by atoms with van der Waals surface area (Å²) in [4.78, 5) is 11.6. The van der Waals surface area contributed by atoms with E-state index in [1.165, 1.54) is 10.6 Å². The lowest BCUT2D eigenvalue weighted by molar-refractivity contribution is -0.129. The molecular formula is C12H15N3O. The molecule has 0 saturated carbocycles. The molecule has 1 heterocycles. The Bertz CT molecular complexity index is 440. The van der Waals surface area contributed by atoms with Crippen molar-refractivity contribution in [2.24, 2.45) is 10.8 Å². The highest BCUT2D eigenvalue weighted by molar-refractivity contribution is 6.05.